The van der Waals surface area contributed by atoms with Gasteiger partial charge in [-0.05, 0) is 49.2 Å². The van der Waals surface area contributed by atoms with Crippen LogP contribution in [0.15, 0.2) is 59.5 Å². The van der Waals surface area contributed by atoms with Gasteiger partial charge in [-0.2, -0.15) is 4.31 Å². The molecule has 1 heterocycles. The van der Waals surface area contributed by atoms with Crippen LogP contribution in [0.5, 0.6) is 0 Å². The Kier molecular flexibility index (Phi) is 5.50. The zero-order chi connectivity index (χ0) is 17.7. The number of amides is 1. The highest BCUT2D eigenvalue weighted by molar-refractivity contribution is 7.89. The Morgan fingerprint density at radius 3 is 2.04 bits per heavy atom. The summed E-state index contributed by atoms with van der Waals surface area (Å²) < 4.78 is 27.0. The van der Waals surface area contributed by atoms with Crippen LogP contribution in [0.4, 0.5) is 5.69 Å². The van der Waals surface area contributed by atoms with E-state index in [0.29, 0.717) is 24.3 Å². The number of anilines is 1. The van der Waals surface area contributed by atoms with Gasteiger partial charge in [0.15, 0.2) is 0 Å². The summed E-state index contributed by atoms with van der Waals surface area (Å²) in [6.45, 7) is 1.16. The maximum atomic E-state index is 12.7. The van der Waals surface area contributed by atoms with Gasteiger partial charge in [0.1, 0.15) is 0 Å². The zero-order valence-corrected chi connectivity index (χ0v) is 14.8. The molecule has 1 amide bonds. The quantitative estimate of drug-likeness (QED) is 0.909. The molecule has 2 aromatic rings. The van der Waals surface area contributed by atoms with Crippen molar-refractivity contribution >= 4 is 21.6 Å². The maximum Gasteiger partial charge on any atom is 0.255 e. The van der Waals surface area contributed by atoms with Crippen LogP contribution < -0.4 is 5.32 Å². The molecular formula is C19H22N2O3S. The molecule has 0 aromatic heterocycles. The van der Waals surface area contributed by atoms with Gasteiger partial charge in [0.2, 0.25) is 10.0 Å². The summed E-state index contributed by atoms with van der Waals surface area (Å²) in [6, 6.07) is 15.3. The maximum absolute atomic E-state index is 12.7. The molecule has 132 valence electrons. The summed E-state index contributed by atoms with van der Waals surface area (Å²) in [4.78, 5) is 12.4. The van der Waals surface area contributed by atoms with Crippen molar-refractivity contribution < 1.29 is 13.2 Å². The molecule has 0 bridgehead atoms. The highest BCUT2D eigenvalue weighted by Gasteiger charge is 2.24. The van der Waals surface area contributed by atoms with E-state index in [2.05, 4.69) is 5.32 Å². The number of nitrogens with zero attached hydrogens (tertiary/aromatic N) is 1. The molecule has 1 fully saturated rings. The Morgan fingerprint density at radius 1 is 0.840 bits per heavy atom. The average molecular weight is 358 g/mol. The van der Waals surface area contributed by atoms with Crippen LogP contribution in [0.3, 0.4) is 0 Å². The van der Waals surface area contributed by atoms with Gasteiger partial charge in [0, 0.05) is 24.3 Å². The van der Waals surface area contributed by atoms with Gasteiger partial charge in [-0.15, -0.1) is 0 Å². The SMILES string of the molecule is O=C(Nc1ccc(S(=O)(=O)N2CCCCCC2)cc1)c1ccccc1. The van der Waals surface area contributed by atoms with E-state index in [1.54, 1.807) is 52.8 Å². The van der Waals surface area contributed by atoms with Crippen LogP contribution in [0.2, 0.25) is 0 Å². The van der Waals surface area contributed by atoms with Gasteiger partial charge in [-0.3, -0.25) is 4.79 Å². The molecule has 5 nitrogen and oxygen atoms in total. The fourth-order valence-corrected chi connectivity index (χ4v) is 4.45. The molecule has 0 saturated carbocycles. The highest BCUT2D eigenvalue weighted by atomic mass is 32.2. The second kappa shape index (κ2) is 7.80. The second-order valence-corrected chi connectivity index (χ2v) is 8.10. The van der Waals surface area contributed by atoms with Crippen LogP contribution in [0, 0.1) is 0 Å². The number of hydrogen-bond donors (Lipinski definition) is 1. The van der Waals surface area contributed by atoms with Gasteiger partial charge in [0.05, 0.1) is 4.90 Å². The fourth-order valence-electron chi connectivity index (χ4n) is 2.93. The van der Waals surface area contributed by atoms with Crippen molar-refractivity contribution in [2.24, 2.45) is 0 Å². The van der Waals surface area contributed by atoms with Crippen LogP contribution in [0.1, 0.15) is 36.0 Å². The molecule has 0 radical (unpaired) electrons. The summed E-state index contributed by atoms with van der Waals surface area (Å²) in [5.74, 6) is -0.219. The van der Waals surface area contributed by atoms with Gasteiger partial charge in [-0.1, -0.05) is 31.0 Å². The van der Waals surface area contributed by atoms with Crippen molar-refractivity contribution in [3.8, 4) is 0 Å². The number of hydrogen-bond acceptors (Lipinski definition) is 3. The third-order valence-electron chi connectivity index (χ3n) is 4.35. The lowest BCUT2D eigenvalue weighted by Crippen LogP contribution is -2.31. The van der Waals surface area contributed by atoms with Crippen molar-refractivity contribution in [2.45, 2.75) is 30.6 Å². The average Bonchev–Trinajstić information content (AvgIpc) is 2.93. The van der Waals surface area contributed by atoms with E-state index < -0.39 is 10.0 Å². The van der Waals surface area contributed by atoms with Crippen molar-refractivity contribution in [3.05, 3.63) is 60.2 Å². The highest BCUT2D eigenvalue weighted by Crippen LogP contribution is 2.22. The van der Waals surface area contributed by atoms with E-state index in [0.717, 1.165) is 25.7 Å². The van der Waals surface area contributed by atoms with E-state index in [-0.39, 0.29) is 10.8 Å². The Balaban J connectivity index is 1.72. The molecule has 25 heavy (non-hydrogen) atoms. The topological polar surface area (TPSA) is 66.5 Å². The van der Waals surface area contributed by atoms with Crippen LogP contribution in [0.25, 0.3) is 0 Å². The third-order valence-corrected chi connectivity index (χ3v) is 6.26. The van der Waals surface area contributed by atoms with Crippen molar-refractivity contribution in [2.75, 3.05) is 18.4 Å². The molecule has 0 spiro atoms. The number of rotatable bonds is 4. The molecule has 0 atom stereocenters. The standard InChI is InChI=1S/C19H22N2O3S/c22-19(16-8-4-3-5-9-16)20-17-10-12-18(13-11-17)25(23,24)21-14-6-1-2-7-15-21/h3-5,8-13H,1-2,6-7,14-15H2,(H,20,22). The van der Waals surface area contributed by atoms with E-state index in [1.165, 1.54) is 0 Å². The summed E-state index contributed by atoms with van der Waals surface area (Å²) in [7, 11) is -3.46. The number of nitrogens with one attached hydrogen (secondary N) is 1. The van der Waals surface area contributed by atoms with Crippen molar-refractivity contribution in [1.29, 1.82) is 0 Å². The van der Waals surface area contributed by atoms with Crippen LogP contribution >= 0.6 is 0 Å². The van der Waals surface area contributed by atoms with Crippen molar-refractivity contribution in [3.63, 3.8) is 0 Å². The molecule has 2 aromatic carbocycles. The first-order valence-electron chi connectivity index (χ1n) is 8.54. The Labute approximate surface area is 148 Å². The molecule has 1 N–H and O–H groups in total. The first-order valence-corrected chi connectivity index (χ1v) is 9.98. The van der Waals surface area contributed by atoms with Gasteiger partial charge in [0.25, 0.3) is 5.91 Å². The summed E-state index contributed by atoms with van der Waals surface area (Å²) in [5.41, 5.74) is 1.13. The smallest absolute Gasteiger partial charge is 0.255 e. The van der Waals surface area contributed by atoms with Gasteiger partial charge in [-0.25, -0.2) is 8.42 Å². The molecule has 1 aliphatic heterocycles. The van der Waals surface area contributed by atoms with Crippen LogP contribution in [-0.4, -0.2) is 31.7 Å². The zero-order valence-electron chi connectivity index (χ0n) is 14.0. The van der Waals surface area contributed by atoms with E-state index in [1.807, 2.05) is 6.07 Å². The summed E-state index contributed by atoms with van der Waals surface area (Å²) in [5, 5.41) is 2.78. The monoisotopic (exact) mass is 358 g/mol. The molecule has 1 saturated heterocycles. The number of benzene rings is 2. The van der Waals surface area contributed by atoms with Crippen molar-refractivity contribution in [1.82, 2.24) is 4.31 Å². The fraction of sp³-hybridized carbons (Fsp3) is 0.316. The lowest BCUT2D eigenvalue weighted by Gasteiger charge is -2.20. The molecule has 1 aliphatic rings. The number of carbonyl (C=O) groups is 1. The van der Waals surface area contributed by atoms with Gasteiger partial charge < -0.3 is 5.32 Å². The second-order valence-electron chi connectivity index (χ2n) is 6.16. The number of carbonyl (C=O) groups excluding carboxylic acids is 1. The lowest BCUT2D eigenvalue weighted by molar-refractivity contribution is 0.102. The predicted octanol–water partition coefficient (Wildman–Crippen LogP) is 3.50. The summed E-state index contributed by atoms with van der Waals surface area (Å²) >= 11 is 0. The first-order chi connectivity index (χ1) is 12.1. The Hall–Kier alpha value is -2.18. The Bertz CT molecular complexity index is 810. The minimum atomic E-state index is -3.46. The molecular weight excluding hydrogens is 336 g/mol. The molecule has 0 unspecified atom stereocenters. The molecule has 3 rings (SSSR count). The Morgan fingerprint density at radius 2 is 1.44 bits per heavy atom. The third kappa shape index (κ3) is 4.27. The summed E-state index contributed by atoms with van der Waals surface area (Å²) in [6.07, 6.45) is 3.97. The first kappa shape index (κ1) is 17.6. The minimum absolute atomic E-state index is 0.219. The van der Waals surface area contributed by atoms with Crippen LogP contribution in [-0.2, 0) is 10.0 Å². The molecule has 0 aliphatic carbocycles. The van der Waals surface area contributed by atoms with E-state index in [4.69, 9.17) is 0 Å². The van der Waals surface area contributed by atoms with Gasteiger partial charge >= 0.3 is 0 Å². The molecule has 6 heteroatoms. The predicted molar refractivity (Wildman–Crippen MR) is 98.1 cm³/mol. The lowest BCUT2D eigenvalue weighted by atomic mass is 10.2. The minimum Gasteiger partial charge on any atom is -0.322 e. The largest absolute Gasteiger partial charge is 0.322 e. The number of sulfonamides is 1. The van der Waals surface area contributed by atoms with E-state index >= 15 is 0 Å². The normalized spacial score (nSPS) is 16.2. The van der Waals surface area contributed by atoms with E-state index in [9.17, 15) is 13.2 Å².